The van der Waals surface area contributed by atoms with Gasteiger partial charge >= 0.3 is 0 Å². The molecule has 3 aromatic carbocycles. The minimum Gasteiger partial charge on any atom is -0.384 e. The molecule has 0 saturated carbocycles. The van der Waals surface area contributed by atoms with E-state index in [1.165, 1.54) is 21.9 Å². The SMILES string of the molecule is Cn1ccc2cc([C@H](CNc3ccccc3)c3ccc4ccccc4n3)ccc21. The third-order valence-corrected chi connectivity index (χ3v) is 5.57. The van der Waals surface area contributed by atoms with Crippen molar-refractivity contribution in [1.29, 1.82) is 0 Å². The molecule has 0 saturated heterocycles. The van der Waals surface area contributed by atoms with Crippen molar-refractivity contribution in [2.75, 3.05) is 11.9 Å². The van der Waals surface area contributed by atoms with Gasteiger partial charge in [-0.15, -0.1) is 0 Å². The highest BCUT2D eigenvalue weighted by Crippen LogP contribution is 2.29. The summed E-state index contributed by atoms with van der Waals surface area (Å²) in [7, 11) is 2.08. The molecule has 3 heteroatoms. The molecule has 1 atom stereocenters. The Labute approximate surface area is 170 Å². The quantitative estimate of drug-likeness (QED) is 0.409. The number of para-hydroxylation sites is 2. The van der Waals surface area contributed by atoms with Crippen molar-refractivity contribution in [3.8, 4) is 0 Å². The number of aryl methyl sites for hydroxylation is 1. The number of anilines is 1. The minimum absolute atomic E-state index is 0.157. The molecule has 0 aliphatic carbocycles. The molecule has 0 fully saturated rings. The van der Waals surface area contributed by atoms with Crippen LogP contribution in [0.25, 0.3) is 21.8 Å². The Morgan fingerprint density at radius 2 is 1.66 bits per heavy atom. The zero-order valence-electron chi connectivity index (χ0n) is 16.4. The summed E-state index contributed by atoms with van der Waals surface area (Å²) in [5.74, 6) is 0.157. The summed E-state index contributed by atoms with van der Waals surface area (Å²) in [6.45, 7) is 0.785. The van der Waals surface area contributed by atoms with E-state index in [1.54, 1.807) is 0 Å². The highest BCUT2D eigenvalue weighted by atomic mass is 14.9. The van der Waals surface area contributed by atoms with Gasteiger partial charge in [0.05, 0.1) is 11.2 Å². The van der Waals surface area contributed by atoms with Gasteiger partial charge in [-0.2, -0.15) is 0 Å². The van der Waals surface area contributed by atoms with E-state index in [2.05, 4.69) is 102 Å². The number of hydrogen-bond donors (Lipinski definition) is 1. The number of nitrogens with one attached hydrogen (secondary N) is 1. The molecule has 2 aromatic heterocycles. The second-order valence-electron chi connectivity index (χ2n) is 7.47. The number of nitrogens with zero attached hydrogens (tertiary/aromatic N) is 2. The Bertz CT molecular complexity index is 1270. The number of fused-ring (bicyclic) bond motifs is 2. The van der Waals surface area contributed by atoms with E-state index in [4.69, 9.17) is 4.98 Å². The lowest BCUT2D eigenvalue weighted by Gasteiger charge is -2.19. The normalized spacial score (nSPS) is 12.3. The van der Waals surface area contributed by atoms with E-state index in [0.717, 1.165) is 23.4 Å². The average Bonchev–Trinajstić information content (AvgIpc) is 3.15. The first kappa shape index (κ1) is 17.5. The van der Waals surface area contributed by atoms with Crippen molar-refractivity contribution in [2.45, 2.75) is 5.92 Å². The molecule has 0 bridgehead atoms. The van der Waals surface area contributed by atoms with Gasteiger partial charge in [-0.1, -0.05) is 48.5 Å². The monoisotopic (exact) mass is 377 g/mol. The van der Waals surface area contributed by atoms with E-state index in [9.17, 15) is 0 Å². The molecular formula is C26H23N3. The fourth-order valence-electron chi connectivity index (χ4n) is 3.96. The van der Waals surface area contributed by atoms with Crippen molar-refractivity contribution in [3.05, 3.63) is 108 Å². The zero-order valence-corrected chi connectivity index (χ0v) is 16.4. The van der Waals surface area contributed by atoms with Gasteiger partial charge < -0.3 is 9.88 Å². The molecule has 29 heavy (non-hydrogen) atoms. The largest absolute Gasteiger partial charge is 0.384 e. The maximum atomic E-state index is 5.00. The summed E-state index contributed by atoms with van der Waals surface area (Å²) in [6, 6.07) is 31.9. The van der Waals surface area contributed by atoms with Crippen LogP contribution in [0.3, 0.4) is 0 Å². The van der Waals surface area contributed by atoms with Crippen LogP contribution in [-0.2, 0) is 7.05 Å². The van der Waals surface area contributed by atoms with Crippen molar-refractivity contribution >= 4 is 27.5 Å². The van der Waals surface area contributed by atoms with Crippen LogP contribution in [0.1, 0.15) is 17.2 Å². The molecule has 2 heterocycles. The molecule has 0 spiro atoms. The lowest BCUT2D eigenvalue weighted by atomic mass is 9.93. The van der Waals surface area contributed by atoms with Gasteiger partial charge in [0, 0.05) is 42.3 Å². The Hall–Kier alpha value is -3.59. The zero-order chi connectivity index (χ0) is 19.6. The molecule has 142 valence electrons. The lowest BCUT2D eigenvalue weighted by molar-refractivity contribution is 0.823. The molecule has 5 rings (SSSR count). The summed E-state index contributed by atoms with van der Waals surface area (Å²) in [5, 5.41) is 6.03. The average molecular weight is 377 g/mol. The highest BCUT2D eigenvalue weighted by molar-refractivity contribution is 5.81. The molecule has 0 radical (unpaired) electrons. The smallest absolute Gasteiger partial charge is 0.0705 e. The van der Waals surface area contributed by atoms with Crippen LogP contribution < -0.4 is 5.32 Å². The van der Waals surface area contributed by atoms with E-state index in [0.29, 0.717) is 0 Å². The van der Waals surface area contributed by atoms with Gasteiger partial charge in [0.2, 0.25) is 0 Å². The molecule has 5 aromatic rings. The van der Waals surface area contributed by atoms with Gasteiger partial charge in [-0.05, 0) is 53.4 Å². The molecule has 3 nitrogen and oxygen atoms in total. The predicted molar refractivity (Wildman–Crippen MR) is 121 cm³/mol. The molecule has 0 unspecified atom stereocenters. The fraction of sp³-hybridized carbons (Fsp3) is 0.115. The molecule has 0 aliphatic heterocycles. The summed E-state index contributed by atoms with van der Waals surface area (Å²) in [6.07, 6.45) is 2.11. The molecule has 1 N–H and O–H groups in total. The maximum absolute atomic E-state index is 5.00. The van der Waals surface area contributed by atoms with Crippen LogP contribution in [0.5, 0.6) is 0 Å². The van der Waals surface area contributed by atoms with Gasteiger partial charge in [0.1, 0.15) is 0 Å². The second kappa shape index (κ2) is 7.44. The summed E-state index contributed by atoms with van der Waals surface area (Å²) < 4.78 is 2.16. The summed E-state index contributed by atoms with van der Waals surface area (Å²) >= 11 is 0. The third kappa shape index (κ3) is 3.47. The number of aromatic nitrogens is 2. The molecule has 0 amide bonds. The fourth-order valence-corrected chi connectivity index (χ4v) is 3.96. The van der Waals surface area contributed by atoms with Crippen LogP contribution in [0, 0.1) is 0 Å². The van der Waals surface area contributed by atoms with E-state index in [-0.39, 0.29) is 5.92 Å². The van der Waals surface area contributed by atoms with Crippen molar-refractivity contribution in [1.82, 2.24) is 9.55 Å². The lowest BCUT2D eigenvalue weighted by Crippen LogP contribution is -2.15. The van der Waals surface area contributed by atoms with Gasteiger partial charge in [-0.3, -0.25) is 4.98 Å². The Morgan fingerprint density at radius 3 is 2.55 bits per heavy atom. The minimum atomic E-state index is 0.157. The molecule has 0 aliphatic rings. The van der Waals surface area contributed by atoms with Crippen LogP contribution in [0.2, 0.25) is 0 Å². The van der Waals surface area contributed by atoms with Crippen LogP contribution in [-0.4, -0.2) is 16.1 Å². The first-order chi connectivity index (χ1) is 14.3. The van der Waals surface area contributed by atoms with Crippen molar-refractivity contribution in [3.63, 3.8) is 0 Å². The van der Waals surface area contributed by atoms with Gasteiger partial charge in [0.15, 0.2) is 0 Å². The molecular weight excluding hydrogens is 354 g/mol. The van der Waals surface area contributed by atoms with Gasteiger partial charge in [0.25, 0.3) is 0 Å². The predicted octanol–water partition coefficient (Wildman–Crippen LogP) is 5.97. The van der Waals surface area contributed by atoms with Crippen LogP contribution in [0.4, 0.5) is 5.69 Å². The Morgan fingerprint density at radius 1 is 0.828 bits per heavy atom. The first-order valence-electron chi connectivity index (χ1n) is 9.97. The second-order valence-corrected chi connectivity index (χ2v) is 7.47. The highest BCUT2D eigenvalue weighted by Gasteiger charge is 2.17. The third-order valence-electron chi connectivity index (χ3n) is 5.57. The number of benzene rings is 3. The Balaban J connectivity index is 1.56. The van der Waals surface area contributed by atoms with Gasteiger partial charge in [-0.25, -0.2) is 0 Å². The van der Waals surface area contributed by atoms with E-state index < -0.39 is 0 Å². The maximum Gasteiger partial charge on any atom is 0.0705 e. The standard InChI is InChI=1S/C26H23N3/c1-29-16-15-21-17-20(12-14-26(21)29)23(18-27-22-8-3-2-4-9-22)25-13-11-19-7-5-6-10-24(19)28-25/h2-17,23,27H,18H2,1H3/t23-/m0/s1. The number of pyridine rings is 1. The first-order valence-corrected chi connectivity index (χ1v) is 9.97. The van der Waals surface area contributed by atoms with E-state index >= 15 is 0 Å². The summed E-state index contributed by atoms with van der Waals surface area (Å²) in [5.41, 5.74) is 5.77. The Kier molecular flexibility index (Phi) is 4.49. The van der Waals surface area contributed by atoms with Crippen molar-refractivity contribution < 1.29 is 0 Å². The topological polar surface area (TPSA) is 29.9 Å². The summed E-state index contributed by atoms with van der Waals surface area (Å²) in [4.78, 5) is 5.00. The number of hydrogen-bond acceptors (Lipinski definition) is 2. The van der Waals surface area contributed by atoms with E-state index in [1.807, 2.05) is 12.1 Å². The van der Waals surface area contributed by atoms with Crippen LogP contribution in [0.15, 0.2) is 97.2 Å². The van der Waals surface area contributed by atoms with Crippen LogP contribution >= 0.6 is 0 Å². The number of rotatable bonds is 5. The van der Waals surface area contributed by atoms with Crippen molar-refractivity contribution in [2.24, 2.45) is 7.05 Å².